The Balaban J connectivity index is 1.87. The summed E-state index contributed by atoms with van der Waals surface area (Å²) in [6, 6.07) is 6.98. The number of carbonyl (C=O) groups is 1. The van der Waals surface area contributed by atoms with Crippen molar-refractivity contribution in [3.8, 4) is 0 Å². The van der Waals surface area contributed by atoms with Crippen molar-refractivity contribution in [2.45, 2.75) is 44.8 Å². The van der Waals surface area contributed by atoms with Crippen LogP contribution in [0.25, 0.3) is 0 Å². The normalized spacial score (nSPS) is 30.8. The molecule has 3 unspecified atom stereocenters. The van der Waals surface area contributed by atoms with Gasteiger partial charge >= 0.3 is 0 Å². The van der Waals surface area contributed by atoms with Crippen LogP contribution in [0, 0.1) is 11.7 Å². The molecule has 20 heavy (non-hydrogen) atoms. The van der Waals surface area contributed by atoms with Gasteiger partial charge in [-0.05, 0) is 24.8 Å². The molecule has 1 saturated heterocycles. The molecule has 0 bridgehead atoms. The van der Waals surface area contributed by atoms with Crippen LogP contribution >= 0.6 is 0 Å². The van der Waals surface area contributed by atoms with E-state index in [1.807, 2.05) is 11.0 Å². The van der Waals surface area contributed by atoms with Crippen LogP contribution < -0.4 is 5.32 Å². The number of nitrogens with zero attached hydrogens (tertiary/aromatic N) is 1. The summed E-state index contributed by atoms with van der Waals surface area (Å²) in [6.07, 6.45) is 4.14. The van der Waals surface area contributed by atoms with E-state index >= 15 is 0 Å². The van der Waals surface area contributed by atoms with Gasteiger partial charge in [-0.3, -0.25) is 10.1 Å². The Morgan fingerprint density at radius 2 is 2.10 bits per heavy atom. The first-order chi connectivity index (χ1) is 9.66. The molecule has 1 amide bonds. The Hall–Kier alpha value is -1.42. The molecule has 108 valence electrons. The first-order valence-electron chi connectivity index (χ1n) is 7.46. The third-order valence-electron chi connectivity index (χ3n) is 4.51. The van der Waals surface area contributed by atoms with E-state index in [4.69, 9.17) is 0 Å². The van der Waals surface area contributed by atoms with E-state index in [0.717, 1.165) is 19.3 Å². The number of amides is 1. The smallest absolute Gasteiger partial charge is 0.238 e. The van der Waals surface area contributed by atoms with Gasteiger partial charge in [-0.2, -0.15) is 0 Å². The van der Waals surface area contributed by atoms with E-state index in [1.165, 1.54) is 12.5 Å². The van der Waals surface area contributed by atoms with Gasteiger partial charge in [0.25, 0.3) is 0 Å². The maximum Gasteiger partial charge on any atom is 0.238 e. The molecular formula is C16H21FN2O. The summed E-state index contributed by atoms with van der Waals surface area (Å²) < 4.78 is 14.0. The molecule has 1 heterocycles. The lowest BCUT2D eigenvalue weighted by Gasteiger charge is -2.37. The minimum absolute atomic E-state index is 0.0948. The number of carbonyl (C=O) groups excluding carboxylic acids is 1. The Labute approximate surface area is 119 Å². The molecule has 1 aromatic rings. The lowest BCUT2D eigenvalue weighted by molar-refractivity contribution is -0.131. The average molecular weight is 276 g/mol. The predicted molar refractivity (Wildman–Crippen MR) is 75.4 cm³/mol. The Bertz CT molecular complexity index is 505. The van der Waals surface area contributed by atoms with Crippen LogP contribution in [0.15, 0.2) is 24.3 Å². The second-order valence-electron chi connectivity index (χ2n) is 6.03. The van der Waals surface area contributed by atoms with Gasteiger partial charge in [0.05, 0.1) is 6.54 Å². The molecule has 0 radical (unpaired) electrons. The van der Waals surface area contributed by atoms with E-state index in [1.54, 1.807) is 12.1 Å². The molecule has 1 saturated carbocycles. The van der Waals surface area contributed by atoms with Crippen LogP contribution in [0.1, 0.15) is 44.3 Å². The number of halogens is 1. The van der Waals surface area contributed by atoms with E-state index in [-0.39, 0.29) is 23.9 Å². The monoisotopic (exact) mass is 276 g/mol. The topological polar surface area (TPSA) is 32.3 Å². The lowest BCUT2D eigenvalue weighted by Crippen LogP contribution is -2.42. The zero-order chi connectivity index (χ0) is 14.1. The molecule has 2 aliphatic rings. The van der Waals surface area contributed by atoms with E-state index < -0.39 is 0 Å². The number of nitrogens with one attached hydrogen (secondary N) is 1. The summed E-state index contributed by atoms with van der Waals surface area (Å²) in [4.78, 5) is 14.1. The second-order valence-corrected chi connectivity index (χ2v) is 6.03. The van der Waals surface area contributed by atoms with Crippen LogP contribution in [0.3, 0.4) is 0 Å². The molecular weight excluding hydrogens is 255 g/mol. The Kier molecular flexibility index (Phi) is 3.74. The van der Waals surface area contributed by atoms with Crippen LogP contribution in [-0.2, 0) is 4.79 Å². The minimum Gasteiger partial charge on any atom is -0.319 e. The lowest BCUT2D eigenvalue weighted by atomic mass is 9.86. The fourth-order valence-corrected chi connectivity index (χ4v) is 3.54. The highest BCUT2D eigenvalue weighted by Gasteiger charge is 2.39. The zero-order valence-electron chi connectivity index (χ0n) is 11.8. The van der Waals surface area contributed by atoms with Crippen LogP contribution in [0.4, 0.5) is 4.39 Å². The fraction of sp³-hybridized carbons (Fsp3) is 0.562. The van der Waals surface area contributed by atoms with Crippen molar-refractivity contribution in [1.82, 2.24) is 10.2 Å². The largest absolute Gasteiger partial charge is 0.319 e. The fourth-order valence-electron chi connectivity index (χ4n) is 3.54. The molecule has 1 N–H and O–H groups in total. The second kappa shape index (κ2) is 5.52. The molecule has 2 fully saturated rings. The van der Waals surface area contributed by atoms with Gasteiger partial charge in [-0.15, -0.1) is 0 Å². The average Bonchev–Trinajstić information content (AvgIpc) is 2.81. The highest BCUT2D eigenvalue weighted by atomic mass is 19.1. The van der Waals surface area contributed by atoms with Crippen LogP contribution in [0.2, 0.25) is 0 Å². The number of hydrogen-bond acceptors (Lipinski definition) is 2. The van der Waals surface area contributed by atoms with Gasteiger partial charge in [0.2, 0.25) is 5.91 Å². The van der Waals surface area contributed by atoms with Crippen molar-refractivity contribution in [1.29, 1.82) is 0 Å². The van der Waals surface area contributed by atoms with Crippen molar-refractivity contribution >= 4 is 5.91 Å². The Morgan fingerprint density at radius 1 is 1.30 bits per heavy atom. The van der Waals surface area contributed by atoms with Gasteiger partial charge in [0, 0.05) is 11.6 Å². The van der Waals surface area contributed by atoms with Crippen molar-refractivity contribution in [2.24, 2.45) is 5.92 Å². The van der Waals surface area contributed by atoms with Crippen LogP contribution in [0.5, 0.6) is 0 Å². The number of benzene rings is 1. The summed E-state index contributed by atoms with van der Waals surface area (Å²) in [5.74, 6) is 0.495. The standard InChI is InChI=1S/C16H21FN2O/c1-11-5-4-6-12(9-11)19-15(20)10-18-16(19)13-7-2-3-8-14(13)17/h2-3,7-8,11-12,16,18H,4-6,9-10H2,1H3. The van der Waals surface area contributed by atoms with Gasteiger partial charge in [0.15, 0.2) is 0 Å². The van der Waals surface area contributed by atoms with Gasteiger partial charge in [0.1, 0.15) is 12.0 Å². The molecule has 0 spiro atoms. The number of hydrogen-bond donors (Lipinski definition) is 1. The summed E-state index contributed by atoms with van der Waals surface area (Å²) in [5, 5.41) is 3.16. The third kappa shape index (κ3) is 2.44. The van der Waals surface area contributed by atoms with Crippen molar-refractivity contribution in [2.75, 3.05) is 6.54 Å². The van der Waals surface area contributed by atoms with Crippen molar-refractivity contribution < 1.29 is 9.18 Å². The summed E-state index contributed by atoms with van der Waals surface area (Å²) in [7, 11) is 0. The number of rotatable bonds is 2. The highest BCUT2D eigenvalue weighted by Crippen LogP contribution is 2.34. The zero-order valence-corrected chi connectivity index (χ0v) is 11.8. The molecule has 1 aliphatic heterocycles. The molecule has 0 aromatic heterocycles. The summed E-state index contributed by atoms with van der Waals surface area (Å²) in [5.41, 5.74) is 0.580. The Morgan fingerprint density at radius 3 is 2.85 bits per heavy atom. The van der Waals surface area contributed by atoms with E-state index in [9.17, 15) is 9.18 Å². The third-order valence-corrected chi connectivity index (χ3v) is 4.51. The molecule has 4 heteroatoms. The van der Waals surface area contributed by atoms with Gasteiger partial charge in [-0.1, -0.05) is 38.0 Å². The van der Waals surface area contributed by atoms with Crippen molar-refractivity contribution in [3.63, 3.8) is 0 Å². The van der Waals surface area contributed by atoms with E-state index in [2.05, 4.69) is 12.2 Å². The predicted octanol–water partition coefficient (Wildman–Crippen LogP) is 2.83. The minimum atomic E-state index is -0.306. The maximum atomic E-state index is 14.0. The van der Waals surface area contributed by atoms with Gasteiger partial charge in [-0.25, -0.2) is 4.39 Å². The summed E-state index contributed by atoms with van der Waals surface area (Å²) in [6.45, 7) is 2.54. The molecule has 3 atom stereocenters. The highest BCUT2D eigenvalue weighted by molar-refractivity contribution is 5.81. The van der Waals surface area contributed by atoms with Gasteiger partial charge < -0.3 is 4.90 Å². The molecule has 3 rings (SSSR count). The molecule has 3 nitrogen and oxygen atoms in total. The molecule has 1 aliphatic carbocycles. The van der Waals surface area contributed by atoms with E-state index in [0.29, 0.717) is 18.0 Å². The SMILES string of the molecule is CC1CCCC(N2C(=O)CNC2c2ccccc2F)C1. The summed E-state index contributed by atoms with van der Waals surface area (Å²) >= 11 is 0. The molecule has 1 aromatic carbocycles. The first-order valence-corrected chi connectivity index (χ1v) is 7.46. The van der Waals surface area contributed by atoms with Crippen LogP contribution in [-0.4, -0.2) is 23.4 Å². The maximum absolute atomic E-state index is 14.0. The first kappa shape index (κ1) is 13.6. The quantitative estimate of drug-likeness (QED) is 0.901. The van der Waals surface area contributed by atoms with Crippen molar-refractivity contribution in [3.05, 3.63) is 35.6 Å².